The Balaban J connectivity index is 1.59. The molecule has 4 rings (SSSR count). The summed E-state index contributed by atoms with van der Waals surface area (Å²) in [5.74, 6) is 0.464. The van der Waals surface area contributed by atoms with E-state index >= 15 is 4.39 Å². The first-order chi connectivity index (χ1) is 13.6. The molecule has 4 aliphatic rings. The second-order valence-electron chi connectivity index (χ2n) is 11.4. The number of hydrogen-bond acceptors (Lipinski definition) is 3. The third-order valence-electron chi connectivity index (χ3n) is 10.2. The number of hydrogen-bond donors (Lipinski definition) is 3. The van der Waals surface area contributed by atoms with Crippen LogP contribution in [0, 0.1) is 46.3 Å². The second-order valence-corrected chi connectivity index (χ2v) is 11.4. The van der Waals surface area contributed by atoms with E-state index < -0.39 is 24.3 Å². The van der Waals surface area contributed by atoms with Crippen LogP contribution in [0.15, 0.2) is 0 Å². The van der Waals surface area contributed by atoms with E-state index in [1.165, 1.54) is 0 Å². The van der Waals surface area contributed by atoms with Gasteiger partial charge in [0.1, 0.15) is 6.17 Å². The lowest BCUT2D eigenvalue weighted by atomic mass is 9.43. The zero-order valence-electron chi connectivity index (χ0n) is 18.2. The summed E-state index contributed by atoms with van der Waals surface area (Å²) < 4.78 is 15.5. The molecule has 0 bridgehead atoms. The molecule has 0 heterocycles. The van der Waals surface area contributed by atoms with Crippen LogP contribution in [-0.4, -0.2) is 39.7 Å². The average molecular weight is 411 g/mol. The molecule has 3 N–H and O–H groups in total. The molecule has 0 amide bonds. The highest BCUT2D eigenvalue weighted by molar-refractivity contribution is 5.66. The molecule has 0 aromatic carbocycles. The average Bonchev–Trinajstić information content (AvgIpc) is 3.02. The van der Waals surface area contributed by atoms with Crippen LogP contribution >= 0.6 is 0 Å². The third kappa shape index (κ3) is 3.26. The number of fused-ring (bicyclic) bond motifs is 5. The molecule has 0 radical (unpaired) electrons. The maximum atomic E-state index is 15.5. The highest BCUT2D eigenvalue weighted by Crippen LogP contribution is 2.68. The number of carboxylic acids is 1. The van der Waals surface area contributed by atoms with Gasteiger partial charge in [-0.25, -0.2) is 4.39 Å². The number of aliphatic carboxylic acids is 1. The first-order valence-corrected chi connectivity index (χ1v) is 11.8. The SMILES string of the molecule is C[C@H](CCC(=O)O)[C@H]1CC[C@H]2[C@@H]3[C@H](O)[C@@H](F)[C@@H]4C[C@H](O)CC[C@]4(C)[C@H]3CC[C@]12C. The Hall–Kier alpha value is -0.680. The van der Waals surface area contributed by atoms with E-state index in [1.807, 2.05) is 0 Å². The zero-order valence-corrected chi connectivity index (χ0v) is 18.2. The lowest BCUT2D eigenvalue weighted by Crippen LogP contribution is -2.63. The molecule has 0 saturated heterocycles. The molecule has 0 unspecified atom stereocenters. The van der Waals surface area contributed by atoms with E-state index in [2.05, 4.69) is 20.8 Å². The van der Waals surface area contributed by atoms with Gasteiger partial charge in [-0.1, -0.05) is 20.8 Å². The molecular formula is C24H39FO4. The molecule has 4 saturated carbocycles. The van der Waals surface area contributed by atoms with Gasteiger partial charge in [0.05, 0.1) is 12.2 Å². The number of alkyl halides is 1. The highest BCUT2D eigenvalue weighted by atomic mass is 19.1. The molecule has 4 nitrogen and oxygen atoms in total. The first-order valence-electron chi connectivity index (χ1n) is 11.8. The minimum Gasteiger partial charge on any atom is -0.481 e. The number of rotatable bonds is 4. The van der Waals surface area contributed by atoms with Gasteiger partial charge in [0.2, 0.25) is 0 Å². The molecule has 0 aliphatic heterocycles. The lowest BCUT2D eigenvalue weighted by molar-refractivity contribution is -0.206. The van der Waals surface area contributed by atoms with Crippen LogP contribution in [0.2, 0.25) is 0 Å². The minimum absolute atomic E-state index is 0.00285. The Labute approximate surface area is 174 Å². The van der Waals surface area contributed by atoms with Gasteiger partial charge < -0.3 is 15.3 Å². The largest absolute Gasteiger partial charge is 0.481 e. The Bertz CT molecular complexity index is 640. The van der Waals surface area contributed by atoms with Gasteiger partial charge >= 0.3 is 5.97 Å². The van der Waals surface area contributed by atoms with Gasteiger partial charge in [-0.2, -0.15) is 0 Å². The summed E-state index contributed by atoms with van der Waals surface area (Å²) in [6, 6.07) is 0. The molecule has 4 aliphatic carbocycles. The highest BCUT2D eigenvalue weighted by Gasteiger charge is 2.65. The van der Waals surface area contributed by atoms with E-state index in [4.69, 9.17) is 5.11 Å². The van der Waals surface area contributed by atoms with Crippen LogP contribution in [0.3, 0.4) is 0 Å². The fourth-order valence-corrected chi connectivity index (χ4v) is 8.72. The summed E-state index contributed by atoms with van der Waals surface area (Å²) >= 11 is 0. The Morgan fingerprint density at radius 3 is 2.38 bits per heavy atom. The minimum atomic E-state index is -1.25. The molecule has 0 aromatic rings. The van der Waals surface area contributed by atoms with Crippen molar-refractivity contribution in [1.82, 2.24) is 0 Å². The molecular weight excluding hydrogens is 371 g/mol. The molecule has 11 atom stereocenters. The van der Waals surface area contributed by atoms with Crippen molar-refractivity contribution in [2.24, 2.45) is 46.3 Å². The fraction of sp³-hybridized carbons (Fsp3) is 0.958. The first kappa shape index (κ1) is 21.5. The van der Waals surface area contributed by atoms with Gasteiger partial charge in [-0.05, 0) is 91.8 Å². The van der Waals surface area contributed by atoms with Crippen LogP contribution < -0.4 is 0 Å². The van der Waals surface area contributed by atoms with Gasteiger partial charge in [-0.3, -0.25) is 4.79 Å². The van der Waals surface area contributed by atoms with Crippen molar-refractivity contribution < 1.29 is 24.5 Å². The van der Waals surface area contributed by atoms with Crippen molar-refractivity contribution in [3.63, 3.8) is 0 Å². The van der Waals surface area contributed by atoms with Gasteiger partial charge in [0.15, 0.2) is 0 Å². The van der Waals surface area contributed by atoms with Crippen molar-refractivity contribution in [2.45, 2.75) is 96.9 Å². The van der Waals surface area contributed by atoms with E-state index in [0.29, 0.717) is 36.5 Å². The zero-order chi connectivity index (χ0) is 21.1. The van der Waals surface area contributed by atoms with E-state index in [0.717, 1.165) is 38.5 Å². The van der Waals surface area contributed by atoms with Crippen LogP contribution in [0.1, 0.15) is 78.6 Å². The standard InChI is InChI=1S/C24H39FO4/c1-13(4-7-19(27)28)15-5-6-16-20-17(9-11-23(15,16)2)24(3)10-8-14(26)12-18(24)21(25)22(20)29/h13-18,20-22,26,29H,4-12H2,1-3H3,(H,27,28)/t13-,14-,15-,16+,17+,18+,20+,21+,22+,23-,24-/m1/s1. The Kier molecular flexibility index (Phi) is 5.55. The van der Waals surface area contributed by atoms with Crippen molar-refractivity contribution >= 4 is 5.97 Å². The summed E-state index contributed by atoms with van der Waals surface area (Å²) in [5.41, 5.74) is -0.0615. The van der Waals surface area contributed by atoms with Gasteiger partial charge in [0.25, 0.3) is 0 Å². The summed E-state index contributed by atoms with van der Waals surface area (Å²) in [7, 11) is 0. The third-order valence-corrected chi connectivity index (χ3v) is 10.2. The van der Waals surface area contributed by atoms with Crippen LogP contribution in [0.4, 0.5) is 4.39 Å². The summed E-state index contributed by atoms with van der Waals surface area (Å²) in [6.45, 7) is 6.74. The summed E-state index contributed by atoms with van der Waals surface area (Å²) in [5, 5.41) is 30.4. The number of carbonyl (C=O) groups is 1. The normalized spacial score (nSPS) is 52.9. The Morgan fingerprint density at radius 2 is 1.69 bits per heavy atom. The van der Waals surface area contributed by atoms with Crippen molar-refractivity contribution in [2.75, 3.05) is 0 Å². The quantitative estimate of drug-likeness (QED) is 0.641. The fourth-order valence-electron chi connectivity index (χ4n) is 8.72. The predicted molar refractivity (Wildman–Crippen MR) is 109 cm³/mol. The predicted octanol–water partition coefficient (Wildman–Crippen LogP) is 4.43. The van der Waals surface area contributed by atoms with E-state index in [-0.39, 0.29) is 29.1 Å². The topological polar surface area (TPSA) is 77.8 Å². The summed E-state index contributed by atoms with van der Waals surface area (Å²) in [6.07, 6.45) is 4.57. The lowest BCUT2D eigenvalue weighted by Gasteiger charge is -2.63. The Morgan fingerprint density at radius 1 is 1.03 bits per heavy atom. The van der Waals surface area contributed by atoms with Crippen LogP contribution in [0.25, 0.3) is 0 Å². The maximum absolute atomic E-state index is 15.5. The number of halogens is 1. The second kappa shape index (κ2) is 7.47. The molecule has 0 spiro atoms. The molecule has 5 heteroatoms. The van der Waals surface area contributed by atoms with Gasteiger partial charge in [-0.15, -0.1) is 0 Å². The van der Waals surface area contributed by atoms with Crippen LogP contribution in [0.5, 0.6) is 0 Å². The molecule has 166 valence electrons. The molecule has 29 heavy (non-hydrogen) atoms. The van der Waals surface area contributed by atoms with Gasteiger partial charge in [0, 0.05) is 12.3 Å². The monoisotopic (exact) mass is 410 g/mol. The van der Waals surface area contributed by atoms with Crippen LogP contribution in [-0.2, 0) is 4.79 Å². The number of carboxylic acid groups (broad SMARTS) is 1. The maximum Gasteiger partial charge on any atom is 0.303 e. The molecule has 4 fully saturated rings. The van der Waals surface area contributed by atoms with E-state index in [1.54, 1.807) is 0 Å². The van der Waals surface area contributed by atoms with Crippen molar-refractivity contribution in [1.29, 1.82) is 0 Å². The van der Waals surface area contributed by atoms with Crippen molar-refractivity contribution in [3.8, 4) is 0 Å². The van der Waals surface area contributed by atoms with E-state index in [9.17, 15) is 15.0 Å². The summed E-state index contributed by atoms with van der Waals surface area (Å²) in [4.78, 5) is 11.0. The smallest absolute Gasteiger partial charge is 0.303 e. The molecule has 0 aromatic heterocycles. The number of aliphatic hydroxyl groups excluding tert-OH is 2. The van der Waals surface area contributed by atoms with Crippen molar-refractivity contribution in [3.05, 3.63) is 0 Å². The number of aliphatic hydroxyl groups is 2.